The van der Waals surface area contributed by atoms with Gasteiger partial charge in [-0.3, -0.25) is 0 Å². The average Bonchev–Trinajstić information content (AvgIpc) is 2.13. The Morgan fingerprint density at radius 2 is 2.13 bits per heavy atom. The number of anilines is 1. The lowest BCUT2D eigenvalue weighted by molar-refractivity contribution is 0.0547. The highest BCUT2D eigenvalue weighted by Gasteiger charge is 2.35. The van der Waals surface area contributed by atoms with E-state index in [1.165, 1.54) is 22.6 Å². The van der Waals surface area contributed by atoms with Crippen molar-refractivity contribution in [1.82, 2.24) is 9.29 Å². The molecule has 2 rings (SSSR count). The molecule has 0 radical (unpaired) electrons. The lowest BCUT2D eigenvalue weighted by Gasteiger charge is -2.34. The fraction of sp³-hybridized carbons (Fsp3) is 0.375. The van der Waals surface area contributed by atoms with E-state index >= 15 is 0 Å². The minimum Gasteiger partial charge on any atom is -0.390 e. The molecule has 1 aromatic heterocycles. The molecule has 2 heterocycles. The van der Waals surface area contributed by atoms with Crippen LogP contribution in [0.15, 0.2) is 23.2 Å². The van der Waals surface area contributed by atoms with Crippen LogP contribution in [0.1, 0.15) is 0 Å². The van der Waals surface area contributed by atoms with E-state index < -0.39 is 16.1 Å². The molecular weight excluding hydrogens is 218 g/mol. The van der Waals surface area contributed by atoms with Crippen molar-refractivity contribution < 1.29 is 13.5 Å². The molecule has 0 saturated carbocycles. The number of aliphatic hydroxyl groups excluding tert-OH is 1. The van der Waals surface area contributed by atoms with Crippen molar-refractivity contribution in [1.29, 1.82) is 0 Å². The molecule has 0 spiro atoms. The largest absolute Gasteiger partial charge is 0.390 e. The molecule has 0 bridgehead atoms. The second-order valence-electron chi connectivity index (χ2n) is 3.39. The van der Waals surface area contributed by atoms with Gasteiger partial charge in [0.25, 0.3) is 0 Å². The highest BCUT2D eigenvalue weighted by atomic mass is 32.2. The van der Waals surface area contributed by atoms with Crippen LogP contribution in [0.5, 0.6) is 0 Å². The molecule has 1 aromatic rings. The molecule has 7 heteroatoms. The summed E-state index contributed by atoms with van der Waals surface area (Å²) in [5.74, 6) is 0.276. The molecule has 15 heavy (non-hydrogen) atoms. The zero-order valence-corrected chi connectivity index (χ0v) is 8.68. The summed E-state index contributed by atoms with van der Waals surface area (Å²) in [7, 11) is -3.50. The Kier molecular flexibility index (Phi) is 2.37. The van der Waals surface area contributed by atoms with Crippen LogP contribution in [-0.4, -0.2) is 42.0 Å². The Bertz CT molecular complexity index is 451. The van der Waals surface area contributed by atoms with Crippen LogP contribution in [0.4, 0.5) is 5.82 Å². The van der Waals surface area contributed by atoms with Crippen LogP contribution in [0.25, 0.3) is 0 Å². The molecule has 1 saturated heterocycles. The fourth-order valence-electron chi connectivity index (χ4n) is 1.31. The van der Waals surface area contributed by atoms with Gasteiger partial charge in [0, 0.05) is 19.3 Å². The van der Waals surface area contributed by atoms with Gasteiger partial charge >= 0.3 is 0 Å². The molecule has 3 N–H and O–H groups in total. The number of pyridine rings is 1. The van der Waals surface area contributed by atoms with Gasteiger partial charge in [0.1, 0.15) is 10.7 Å². The first-order chi connectivity index (χ1) is 7.00. The van der Waals surface area contributed by atoms with E-state index in [4.69, 9.17) is 10.8 Å². The summed E-state index contributed by atoms with van der Waals surface area (Å²) in [4.78, 5) is 3.82. The minimum absolute atomic E-state index is 0.101. The Balaban J connectivity index is 2.26. The number of hydrogen-bond acceptors (Lipinski definition) is 5. The highest BCUT2D eigenvalue weighted by molar-refractivity contribution is 7.89. The molecule has 0 atom stereocenters. The number of aliphatic hydroxyl groups is 1. The van der Waals surface area contributed by atoms with Gasteiger partial charge in [0.05, 0.1) is 6.10 Å². The fourth-order valence-corrected chi connectivity index (χ4v) is 2.77. The molecule has 0 aromatic carbocycles. The number of nitrogens with zero attached hydrogens (tertiary/aromatic N) is 2. The zero-order chi connectivity index (χ0) is 11.1. The summed E-state index contributed by atoms with van der Waals surface area (Å²) in [6.07, 6.45) is 0.663. The quantitative estimate of drug-likeness (QED) is 0.680. The van der Waals surface area contributed by atoms with Gasteiger partial charge in [0.2, 0.25) is 10.0 Å². The molecule has 1 aliphatic heterocycles. The predicted octanol–water partition coefficient (Wildman–Crippen LogP) is -0.971. The molecule has 1 aliphatic rings. The van der Waals surface area contributed by atoms with Crippen LogP contribution in [0.3, 0.4) is 0 Å². The third-order valence-electron chi connectivity index (χ3n) is 2.23. The van der Waals surface area contributed by atoms with Gasteiger partial charge in [-0.1, -0.05) is 0 Å². The van der Waals surface area contributed by atoms with Crippen LogP contribution in [0.2, 0.25) is 0 Å². The average molecular weight is 229 g/mol. The Morgan fingerprint density at radius 3 is 2.60 bits per heavy atom. The lowest BCUT2D eigenvalue weighted by atomic mass is 10.2. The Hall–Kier alpha value is -1.18. The van der Waals surface area contributed by atoms with E-state index in [0.29, 0.717) is 0 Å². The van der Waals surface area contributed by atoms with Crippen molar-refractivity contribution in [2.45, 2.75) is 11.0 Å². The molecule has 82 valence electrons. The SMILES string of the molecule is Nc1ccc(S(=O)(=O)N2CC(O)C2)cn1. The van der Waals surface area contributed by atoms with Crippen molar-refractivity contribution >= 4 is 15.8 Å². The topological polar surface area (TPSA) is 96.5 Å². The predicted molar refractivity (Wildman–Crippen MR) is 53.4 cm³/mol. The van der Waals surface area contributed by atoms with Gasteiger partial charge in [-0.15, -0.1) is 0 Å². The smallest absolute Gasteiger partial charge is 0.244 e. The summed E-state index contributed by atoms with van der Waals surface area (Å²) in [6, 6.07) is 2.84. The van der Waals surface area contributed by atoms with E-state index in [1.807, 2.05) is 0 Å². The zero-order valence-electron chi connectivity index (χ0n) is 7.87. The maximum atomic E-state index is 11.8. The number of nitrogen functional groups attached to an aromatic ring is 1. The highest BCUT2D eigenvalue weighted by Crippen LogP contribution is 2.20. The molecule has 0 amide bonds. The normalized spacial score (nSPS) is 18.7. The first-order valence-electron chi connectivity index (χ1n) is 4.40. The van der Waals surface area contributed by atoms with Crippen LogP contribution >= 0.6 is 0 Å². The number of rotatable bonds is 2. The monoisotopic (exact) mass is 229 g/mol. The summed E-state index contributed by atoms with van der Waals surface area (Å²) in [5.41, 5.74) is 5.36. The first kappa shape index (κ1) is 10.3. The van der Waals surface area contributed by atoms with Crippen LogP contribution in [0, 0.1) is 0 Å². The van der Waals surface area contributed by atoms with E-state index in [9.17, 15) is 8.42 Å². The number of sulfonamides is 1. The van der Waals surface area contributed by atoms with E-state index in [2.05, 4.69) is 4.98 Å². The van der Waals surface area contributed by atoms with Gasteiger partial charge in [0.15, 0.2) is 0 Å². The van der Waals surface area contributed by atoms with Gasteiger partial charge in [-0.25, -0.2) is 13.4 Å². The van der Waals surface area contributed by atoms with Crippen molar-refractivity contribution in [2.75, 3.05) is 18.8 Å². The summed E-state index contributed by atoms with van der Waals surface area (Å²) >= 11 is 0. The molecule has 6 nitrogen and oxygen atoms in total. The van der Waals surface area contributed by atoms with Gasteiger partial charge in [-0.2, -0.15) is 4.31 Å². The molecular formula is C8H11N3O3S. The number of aromatic nitrogens is 1. The van der Waals surface area contributed by atoms with E-state index in [1.54, 1.807) is 0 Å². The van der Waals surface area contributed by atoms with Crippen LogP contribution < -0.4 is 5.73 Å². The molecule has 0 aliphatic carbocycles. The maximum absolute atomic E-state index is 11.8. The summed E-state index contributed by atoms with van der Waals surface area (Å²) in [5, 5.41) is 9.03. The lowest BCUT2D eigenvalue weighted by Crippen LogP contribution is -2.53. The van der Waals surface area contributed by atoms with Crippen LogP contribution in [-0.2, 0) is 10.0 Å². The Labute approximate surface area is 87.4 Å². The third-order valence-corrected chi connectivity index (χ3v) is 4.04. The number of β-amino-alcohol motifs (C(OH)–C–C–N with tert-alkyl or cyclic N) is 1. The van der Waals surface area contributed by atoms with Crippen molar-refractivity contribution in [3.63, 3.8) is 0 Å². The first-order valence-corrected chi connectivity index (χ1v) is 5.84. The number of hydrogen-bond donors (Lipinski definition) is 2. The van der Waals surface area contributed by atoms with Crippen molar-refractivity contribution in [3.8, 4) is 0 Å². The maximum Gasteiger partial charge on any atom is 0.244 e. The number of nitrogens with two attached hydrogens (primary N) is 1. The van der Waals surface area contributed by atoms with Gasteiger partial charge < -0.3 is 10.8 Å². The van der Waals surface area contributed by atoms with E-state index in [-0.39, 0.29) is 23.8 Å². The summed E-state index contributed by atoms with van der Waals surface area (Å²) < 4.78 is 24.8. The van der Waals surface area contributed by atoms with Gasteiger partial charge in [-0.05, 0) is 12.1 Å². The molecule has 0 unspecified atom stereocenters. The second kappa shape index (κ2) is 3.44. The Morgan fingerprint density at radius 1 is 1.47 bits per heavy atom. The molecule has 1 fully saturated rings. The van der Waals surface area contributed by atoms with E-state index in [0.717, 1.165) is 0 Å². The second-order valence-corrected chi connectivity index (χ2v) is 5.33. The minimum atomic E-state index is -3.50. The van der Waals surface area contributed by atoms with Crippen molar-refractivity contribution in [3.05, 3.63) is 18.3 Å². The summed E-state index contributed by atoms with van der Waals surface area (Å²) in [6.45, 7) is 0.291. The third kappa shape index (κ3) is 1.81. The standard InChI is InChI=1S/C8H11N3O3S/c9-8-2-1-7(3-10-8)15(13,14)11-4-6(12)5-11/h1-3,6,12H,4-5H2,(H2,9,10). The van der Waals surface area contributed by atoms with Crippen molar-refractivity contribution in [2.24, 2.45) is 0 Å².